The van der Waals surface area contributed by atoms with Crippen LogP contribution in [0, 0.1) is 22.6 Å². The van der Waals surface area contributed by atoms with Crippen molar-refractivity contribution in [2.24, 2.45) is 5.41 Å². The van der Waals surface area contributed by atoms with Crippen LogP contribution in [0.2, 0.25) is 5.02 Å². The summed E-state index contributed by atoms with van der Waals surface area (Å²) >= 11 is 5.79. The van der Waals surface area contributed by atoms with Crippen LogP contribution in [-0.2, 0) is 4.79 Å². The summed E-state index contributed by atoms with van der Waals surface area (Å²) in [6, 6.07) is 4.82. The largest absolute Gasteiger partial charge is 0.549 e. The number of aliphatic carboxylic acids is 1. The van der Waals surface area contributed by atoms with Gasteiger partial charge in [-0.25, -0.2) is 4.39 Å². The average molecular weight is 432 g/mol. The summed E-state index contributed by atoms with van der Waals surface area (Å²) in [6.07, 6.45) is -5.25. The number of unbranched alkanes of at least 4 members (excludes halogenated alkanes) is 1. The highest BCUT2D eigenvalue weighted by Crippen LogP contribution is 2.49. The lowest BCUT2D eigenvalue weighted by molar-refractivity contribution is -0.321. The molecule has 4 nitrogen and oxygen atoms in total. The molecule has 9 heteroatoms. The van der Waals surface area contributed by atoms with E-state index in [1.54, 1.807) is 6.92 Å². The Labute approximate surface area is 171 Å². The molecule has 0 fully saturated rings. The Bertz CT molecular complexity index is 863. The van der Waals surface area contributed by atoms with Crippen molar-refractivity contribution in [2.75, 3.05) is 0 Å². The third-order valence-corrected chi connectivity index (χ3v) is 5.68. The van der Waals surface area contributed by atoms with Crippen LogP contribution in [-0.4, -0.2) is 18.2 Å². The van der Waals surface area contributed by atoms with Crippen molar-refractivity contribution in [1.82, 2.24) is 5.32 Å². The summed E-state index contributed by atoms with van der Waals surface area (Å²) in [5, 5.41) is 24.8. The minimum atomic E-state index is -4.30. The van der Waals surface area contributed by atoms with Crippen LogP contribution in [0.1, 0.15) is 51.0 Å². The zero-order valence-electron chi connectivity index (χ0n) is 15.9. The number of alkyl halides is 3. The normalized spacial score (nSPS) is 24.8. The number of carbonyl (C=O) groups is 1. The number of halogens is 5. The second-order valence-electron chi connectivity index (χ2n) is 7.38. The van der Waals surface area contributed by atoms with Crippen molar-refractivity contribution in [2.45, 2.75) is 57.7 Å². The predicted molar refractivity (Wildman–Crippen MR) is 97.0 cm³/mol. The van der Waals surface area contributed by atoms with Crippen molar-refractivity contribution < 1.29 is 27.5 Å². The van der Waals surface area contributed by atoms with Gasteiger partial charge in [0.1, 0.15) is 5.82 Å². The first kappa shape index (κ1) is 23.0. The number of hydrogen-bond acceptors (Lipinski definition) is 4. The molecule has 0 amide bonds. The molecule has 3 atom stereocenters. The monoisotopic (exact) mass is 431 g/mol. The molecule has 2 rings (SSSR count). The van der Waals surface area contributed by atoms with Gasteiger partial charge in [0.05, 0.1) is 17.6 Å². The van der Waals surface area contributed by atoms with Crippen LogP contribution >= 0.6 is 11.6 Å². The van der Waals surface area contributed by atoms with Gasteiger partial charge in [0.25, 0.3) is 0 Å². The third kappa shape index (κ3) is 4.84. The fourth-order valence-electron chi connectivity index (χ4n) is 3.88. The lowest BCUT2D eigenvalue weighted by Gasteiger charge is -2.49. The van der Waals surface area contributed by atoms with Gasteiger partial charge >= 0.3 is 6.18 Å². The molecule has 3 unspecified atom stereocenters. The van der Waals surface area contributed by atoms with E-state index in [1.165, 1.54) is 19.1 Å². The third-order valence-electron chi connectivity index (χ3n) is 5.44. The summed E-state index contributed by atoms with van der Waals surface area (Å²) in [5.74, 6) is -3.47. The maximum absolute atomic E-state index is 14.7. The van der Waals surface area contributed by atoms with Crippen LogP contribution in [0.4, 0.5) is 17.6 Å². The number of nitriles is 1. The molecule has 0 aliphatic carbocycles. The molecule has 0 radical (unpaired) electrons. The lowest BCUT2D eigenvalue weighted by Crippen LogP contribution is -2.59. The Morgan fingerprint density at radius 1 is 1.38 bits per heavy atom. The molecule has 1 aliphatic heterocycles. The van der Waals surface area contributed by atoms with Gasteiger partial charge in [-0.3, -0.25) is 0 Å². The Morgan fingerprint density at radius 3 is 2.55 bits per heavy atom. The maximum atomic E-state index is 14.7. The Kier molecular flexibility index (Phi) is 6.84. The van der Waals surface area contributed by atoms with E-state index in [9.17, 15) is 32.7 Å². The molecule has 29 heavy (non-hydrogen) atoms. The molecule has 1 heterocycles. The van der Waals surface area contributed by atoms with Crippen molar-refractivity contribution in [1.29, 1.82) is 5.26 Å². The van der Waals surface area contributed by atoms with Gasteiger partial charge in [0.15, 0.2) is 0 Å². The van der Waals surface area contributed by atoms with Crippen LogP contribution in [0.25, 0.3) is 0 Å². The van der Waals surface area contributed by atoms with Gasteiger partial charge in [0.2, 0.25) is 0 Å². The number of carboxylic acids is 1. The molecule has 0 bridgehead atoms. The fraction of sp³-hybridized carbons (Fsp3) is 0.500. The van der Waals surface area contributed by atoms with Crippen molar-refractivity contribution in [3.63, 3.8) is 0 Å². The number of allylic oxidation sites excluding steroid dienone is 2. The Morgan fingerprint density at radius 2 is 2.03 bits per heavy atom. The highest BCUT2D eigenvalue weighted by Gasteiger charge is 2.49. The summed E-state index contributed by atoms with van der Waals surface area (Å²) in [7, 11) is 0. The smallest absolute Gasteiger partial charge is 0.389 e. The van der Waals surface area contributed by atoms with Gasteiger partial charge in [0, 0.05) is 34.5 Å². The van der Waals surface area contributed by atoms with Crippen LogP contribution < -0.4 is 10.4 Å². The summed E-state index contributed by atoms with van der Waals surface area (Å²) in [6.45, 7) is 2.88. The molecule has 1 N–H and O–H groups in total. The zero-order valence-corrected chi connectivity index (χ0v) is 16.6. The van der Waals surface area contributed by atoms with E-state index >= 15 is 0 Å². The van der Waals surface area contributed by atoms with Crippen LogP contribution in [0.5, 0.6) is 0 Å². The molecule has 0 saturated heterocycles. The van der Waals surface area contributed by atoms with Gasteiger partial charge in [-0.15, -0.1) is 0 Å². The first-order valence-electron chi connectivity index (χ1n) is 9.02. The molecule has 158 valence electrons. The number of carbonyl (C=O) groups excluding carboxylic acids is 1. The minimum Gasteiger partial charge on any atom is -0.549 e. The SMILES string of the molecule is CC1=C(C#N)C(c2ccc(Cl)cc2F)C(C)(C(=O)[O-])C(CCCCC(F)(F)F)N1. The second kappa shape index (κ2) is 8.62. The molecule has 1 aromatic rings. The van der Waals surface area contributed by atoms with Crippen LogP contribution in [0.15, 0.2) is 29.5 Å². The van der Waals surface area contributed by atoms with Crippen molar-refractivity contribution in [3.05, 3.63) is 45.9 Å². The van der Waals surface area contributed by atoms with E-state index in [0.29, 0.717) is 5.70 Å². The van der Waals surface area contributed by atoms with E-state index in [1.807, 2.05) is 6.07 Å². The van der Waals surface area contributed by atoms with Crippen molar-refractivity contribution in [3.8, 4) is 6.07 Å². The standard InChI is InChI=1S/C20H21ClF4N2O2/c1-11-14(10-26)17(13-7-6-12(21)9-15(13)22)19(2,18(28)29)16(27-11)5-3-4-8-20(23,24)25/h6-7,9,16-17,27H,3-5,8H2,1-2H3,(H,28,29)/p-1. The summed E-state index contributed by atoms with van der Waals surface area (Å²) in [4.78, 5) is 12.2. The average Bonchev–Trinajstić information content (AvgIpc) is 2.60. The maximum Gasteiger partial charge on any atom is 0.389 e. The van der Waals surface area contributed by atoms with Gasteiger partial charge in [-0.2, -0.15) is 18.4 Å². The van der Waals surface area contributed by atoms with E-state index in [0.717, 1.165) is 6.07 Å². The predicted octanol–water partition coefficient (Wildman–Crippen LogP) is 4.21. The number of benzene rings is 1. The van der Waals surface area contributed by atoms with Crippen LogP contribution in [0.3, 0.4) is 0 Å². The lowest BCUT2D eigenvalue weighted by atomic mass is 9.62. The van der Waals surface area contributed by atoms with Gasteiger partial charge in [-0.05, 0) is 37.5 Å². The molecule has 1 aromatic carbocycles. The number of nitrogens with one attached hydrogen (secondary N) is 1. The highest BCUT2D eigenvalue weighted by molar-refractivity contribution is 6.30. The van der Waals surface area contributed by atoms with E-state index in [-0.39, 0.29) is 35.4 Å². The Balaban J connectivity index is 2.47. The van der Waals surface area contributed by atoms with E-state index < -0.39 is 41.8 Å². The fourth-order valence-corrected chi connectivity index (χ4v) is 4.03. The van der Waals surface area contributed by atoms with Gasteiger partial charge < -0.3 is 15.2 Å². The highest BCUT2D eigenvalue weighted by atomic mass is 35.5. The minimum absolute atomic E-state index is 0.0289. The van der Waals surface area contributed by atoms with E-state index in [4.69, 9.17) is 11.6 Å². The number of rotatable bonds is 6. The number of carboxylic acid groups (broad SMARTS) is 1. The summed E-state index contributed by atoms with van der Waals surface area (Å²) < 4.78 is 51.9. The summed E-state index contributed by atoms with van der Waals surface area (Å²) in [5.41, 5.74) is -1.41. The topological polar surface area (TPSA) is 76.0 Å². The van der Waals surface area contributed by atoms with E-state index in [2.05, 4.69) is 5.32 Å². The molecule has 0 aromatic heterocycles. The first-order chi connectivity index (χ1) is 13.4. The first-order valence-corrected chi connectivity index (χ1v) is 9.40. The van der Waals surface area contributed by atoms with Gasteiger partial charge in [-0.1, -0.05) is 31.0 Å². The number of nitrogens with zero attached hydrogens (tertiary/aromatic N) is 1. The molecule has 0 spiro atoms. The molecular formula is C20H20ClF4N2O2-. The zero-order chi connectivity index (χ0) is 22.0. The molecule has 1 aliphatic rings. The Hall–Kier alpha value is -2.27. The quantitative estimate of drug-likeness (QED) is 0.540. The second-order valence-corrected chi connectivity index (χ2v) is 7.81. The molecular weight excluding hydrogens is 412 g/mol. The number of hydrogen-bond donors (Lipinski definition) is 1. The molecule has 0 saturated carbocycles. The van der Waals surface area contributed by atoms with Crippen molar-refractivity contribution >= 4 is 17.6 Å².